The van der Waals surface area contributed by atoms with Crippen molar-refractivity contribution in [1.29, 1.82) is 0 Å². The summed E-state index contributed by atoms with van der Waals surface area (Å²) in [6.45, 7) is 5.64. The van der Waals surface area contributed by atoms with Crippen molar-refractivity contribution >= 4 is 17.3 Å². The van der Waals surface area contributed by atoms with Crippen molar-refractivity contribution < 1.29 is 9.47 Å². The third kappa shape index (κ3) is 4.32. The zero-order valence-electron chi connectivity index (χ0n) is 14.6. The van der Waals surface area contributed by atoms with Crippen LogP contribution in [0.4, 0.5) is 0 Å². The highest BCUT2D eigenvalue weighted by Gasteiger charge is 2.21. The van der Waals surface area contributed by atoms with E-state index in [1.54, 1.807) is 0 Å². The topological polar surface area (TPSA) is 42.5 Å². The fourth-order valence-corrected chi connectivity index (χ4v) is 3.80. The number of thiocarbonyl (C=S) groups is 1. The Morgan fingerprint density at radius 3 is 2.50 bits per heavy atom. The van der Waals surface area contributed by atoms with Crippen LogP contribution in [0.15, 0.2) is 18.2 Å². The van der Waals surface area contributed by atoms with Crippen molar-refractivity contribution in [1.82, 2.24) is 10.6 Å². The molecule has 5 heteroatoms. The molecule has 0 bridgehead atoms. The first-order valence-electron chi connectivity index (χ1n) is 9.10. The smallest absolute Gasteiger partial charge is 0.167 e. The largest absolute Gasteiger partial charge is 0.486 e. The Morgan fingerprint density at radius 1 is 1.08 bits per heavy atom. The second kappa shape index (κ2) is 8.06. The second-order valence-corrected chi connectivity index (χ2v) is 7.49. The Hall–Kier alpha value is -1.49. The average molecular weight is 349 g/mol. The highest BCUT2D eigenvalue weighted by atomic mass is 32.1. The van der Waals surface area contributed by atoms with Crippen molar-refractivity contribution in [3.63, 3.8) is 0 Å². The molecule has 0 aromatic heterocycles. The minimum atomic E-state index is 0.157. The Morgan fingerprint density at radius 2 is 1.79 bits per heavy atom. The normalized spacial score (nSPS) is 19.0. The average Bonchev–Trinajstić information content (AvgIpc) is 2.60. The minimum absolute atomic E-state index is 0.157. The Balaban J connectivity index is 1.66. The van der Waals surface area contributed by atoms with E-state index < -0.39 is 0 Å². The summed E-state index contributed by atoms with van der Waals surface area (Å²) in [4.78, 5) is 0. The monoisotopic (exact) mass is 348 g/mol. The summed E-state index contributed by atoms with van der Waals surface area (Å²) in [6, 6.07) is 6.86. The first-order valence-corrected chi connectivity index (χ1v) is 9.51. The van der Waals surface area contributed by atoms with E-state index in [2.05, 4.69) is 36.6 Å². The number of fused-ring (bicyclic) bond motifs is 1. The first kappa shape index (κ1) is 17.3. The van der Waals surface area contributed by atoms with E-state index in [0.717, 1.165) is 16.6 Å². The van der Waals surface area contributed by atoms with Gasteiger partial charge < -0.3 is 20.1 Å². The molecule has 24 heavy (non-hydrogen) atoms. The molecule has 1 atom stereocenters. The SMILES string of the molecule is CC(C)[C@H](NC(=S)NC1CCCCC1)c1ccc2c(c1)OCCO2. The molecule has 132 valence electrons. The third-order valence-corrected chi connectivity index (χ3v) is 5.05. The maximum atomic E-state index is 5.72. The van der Waals surface area contributed by atoms with Crippen LogP contribution < -0.4 is 20.1 Å². The number of hydrogen-bond donors (Lipinski definition) is 2. The second-order valence-electron chi connectivity index (χ2n) is 7.08. The summed E-state index contributed by atoms with van der Waals surface area (Å²) in [7, 11) is 0. The van der Waals surface area contributed by atoms with Crippen LogP contribution in [0.25, 0.3) is 0 Å². The summed E-state index contributed by atoms with van der Waals surface area (Å²) >= 11 is 5.57. The molecule has 2 N–H and O–H groups in total. The molecule has 1 aliphatic carbocycles. The molecule has 0 unspecified atom stereocenters. The van der Waals surface area contributed by atoms with E-state index in [1.807, 2.05) is 6.07 Å². The van der Waals surface area contributed by atoms with Crippen LogP contribution in [0.5, 0.6) is 11.5 Å². The van der Waals surface area contributed by atoms with Crippen LogP contribution in [-0.2, 0) is 0 Å². The predicted molar refractivity (Wildman–Crippen MR) is 101 cm³/mol. The van der Waals surface area contributed by atoms with Crippen molar-refractivity contribution in [2.45, 2.75) is 58.0 Å². The van der Waals surface area contributed by atoms with Crippen molar-refractivity contribution in [3.8, 4) is 11.5 Å². The molecule has 1 fully saturated rings. The molecule has 1 saturated carbocycles. The zero-order valence-corrected chi connectivity index (χ0v) is 15.5. The van der Waals surface area contributed by atoms with Gasteiger partial charge >= 0.3 is 0 Å². The van der Waals surface area contributed by atoms with Gasteiger partial charge in [0.1, 0.15) is 13.2 Å². The molecule has 1 aromatic carbocycles. The molecule has 2 aliphatic rings. The number of ether oxygens (including phenoxy) is 2. The van der Waals surface area contributed by atoms with Gasteiger partial charge in [-0.15, -0.1) is 0 Å². The predicted octanol–water partition coefficient (Wildman–Crippen LogP) is 3.95. The van der Waals surface area contributed by atoms with Gasteiger partial charge in [-0.2, -0.15) is 0 Å². The fourth-order valence-electron chi connectivity index (χ4n) is 3.50. The molecule has 0 amide bonds. The number of benzene rings is 1. The van der Waals surface area contributed by atoms with Gasteiger partial charge in [0.05, 0.1) is 6.04 Å². The van der Waals surface area contributed by atoms with Crippen LogP contribution in [0.1, 0.15) is 57.6 Å². The lowest BCUT2D eigenvalue weighted by Crippen LogP contribution is -2.45. The minimum Gasteiger partial charge on any atom is -0.486 e. The molecular weight excluding hydrogens is 320 g/mol. The molecule has 1 heterocycles. The zero-order chi connectivity index (χ0) is 16.9. The quantitative estimate of drug-likeness (QED) is 0.807. The lowest BCUT2D eigenvalue weighted by atomic mass is 9.95. The van der Waals surface area contributed by atoms with Gasteiger partial charge in [-0.05, 0) is 48.7 Å². The third-order valence-electron chi connectivity index (χ3n) is 4.82. The maximum Gasteiger partial charge on any atom is 0.167 e. The first-order chi connectivity index (χ1) is 11.6. The van der Waals surface area contributed by atoms with Crippen LogP contribution >= 0.6 is 12.2 Å². The van der Waals surface area contributed by atoms with Crippen molar-refractivity contribution in [2.24, 2.45) is 5.92 Å². The maximum absolute atomic E-state index is 5.72. The van der Waals surface area contributed by atoms with Crippen LogP contribution in [0.3, 0.4) is 0 Å². The molecule has 3 rings (SSSR count). The van der Waals surface area contributed by atoms with Gasteiger partial charge in [0.15, 0.2) is 16.6 Å². The summed E-state index contributed by atoms with van der Waals surface area (Å²) < 4.78 is 11.3. The Bertz CT molecular complexity index is 570. The number of nitrogens with one attached hydrogen (secondary N) is 2. The number of hydrogen-bond acceptors (Lipinski definition) is 3. The molecule has 4 nitrogen and oxygen atoms in total. The lowest BCUT2D eigenvalue weighted by molar-refractivity contribution is 0.171. The van der Waals surface area contributed by atoms with Crippen LogP contribution in [0, 0.1) is 5.92 Å². The summed E-state index contributed by atoms with van der Waals surface area (Å²) in [6.07, 6.45) is 6.40. The van der Waals surface area contributed by atoms with Crippen LogP contribution in [-0.4, -0.2) is 24.4 Å². The van der Waals surface area contributed by atoms with E-state index in [-0.39, 0.29) is 6.04 Å². The summed E-state index contributed by atoms with van der Waals surface area (Å²) in [5.74, 6) is 2.08. The standard InChI is InChI=1S/C19H28N2O2S/c1-13(2)18(21-19(24)20-15-6-4-3-5-7-15)14-8-9-16-17(12-14)23-11-10-22-16/h8-9,12-13,15,18H,3-7,10-11H2,1-2H3,(H2,20,21,24)/t18-/m0/s1. The molecule has 0 radical (unpaired) electrons. The van der Waals surface area contributed by atoms with Gasteiger partial charge in [0.25, 0.3) is 0 Å². The van der Waals surface area contributed by atoms with Gasteiger partial charge in [-0.3, -0.25) is 0 Å². The summed E-state index contributed by atoms with van der Waals surface area (Å²) in [5, 5.41) is 7.77. The number of rotatable bonds is 4. The highest BCUT2D eigenvalue weighted by Crippen LogP contribution is 2.34. The van der Waals surface area contributed by atoms with E-state index >= 15 is 0 Å². The van der Waals surface area contributed by atoms with E-state index in [1.165, 1.54) is 37.7 Å². The highest BCUT2D eigenvalue weighted by molar-refractivity contribution is 7.80. The molecule has 0 spiro atoms. The molecule has 1 aromatic rings. The molecule has 0 saturated heterocycles. The Labute approximate surface area is 150 Å². The van der Waals surface area contributed by atoms with E-state index in [9.17, 15) is 0 Å². The van der Waals surface area contributed by atoms with Crippen molar-refractivity contribution in [3.05, 3.63) is 23.8 Å². The van der Waals surface area contributed by atoms with Crippen molar-refractivity contribution in [2.75, 3.05) is 13.2 Å². The van der Waals surface area contributed by atoms with Gasteiger partial charge in [-0.25, -0.2) is 0 Å². The van der Waals surface area contributed by atoms with E-state index in [0.29, 0.717) is 25.2 Å². The lowest BCUT2D eigenvalue weighted by Gasteiger charge is -2.29. The Kier molecular flexibility index (Phi) is 5.82. The fraction of sp³-hybridized carbons (Fsp3) is 0.632. The van der Waals surface area contributed by atoms with Gasteiger partial charge in [0.2, 0.25) is 0 Å². The summed E-state index contributed by atoms with van der Waals surface area (Å²) in [5.41, 5.74) is 1.18. The van der Waals surface area contributed by atoms with Gasteiger partial charge in [-0.1, -0.05) is 39.2 Å². The molecular formula is C19H28N2O2S. The van der Waals surface area contributed by atoms with Gasteiger partial charge in [0, 0.05) is 6.04 Å². The molecule has 1 aliphatic heterocycles. The van der Waals surface area contributed by atoms with Crippen LogP contribution in [0.2, 0.25) is 0 Å². The van der Waals surface area contributed by atoms with E-state index in [4.69, 9.17) is 21.7 Å².